The second-order valence-electron chi connectivity index (χ2n) is 5.77. The predicted octanol–water partition coefficient (Wildman–Crippen LogP) is 3.48. The maximum atomic E-state index is 5.18. The minimum Gasteiger partial charge on any atom is -0.383 e. The van der Waals surface area contributed by atoms with Crippen LogP contribution in [0.2, 0.25) is 0 Å². The third-order valence-electron chi connectivity index (χ3n) is 3.56. The molecule has 0 saturated carbocycles. The van der Waals surface area contributed by atoms with Crippen molar-refractivity contribution in [2.24, 2.45) is 0 Å². The zero-order chi connectivity index (χ0) is 15.2. The van der Waals surface area contributed by atoms with Gasteiger partial charge in [-0.15, -0.1) is 11.3 Å². The van der Waals surface area contributed by atoms with Crippen LogP contribution >= 0.6 is 11.3 Å². The molecule has 1 aromatic heterocycles. The summed E-state index contributed by atoms with van der Waals surface area (Å²) in [5.41, 5.74) is 1.46. The number of methoxy groups -OCH3 is 1. The summed E-state index contributed by atoms with van der Waals surface area (Å²) in [6.45, 7) is 8.04. The van der Waals surface area contributed by atoms with Gasteiger partial charge in [-0.2, -0.15) is 0 Å². The van der Waals surface area contributed by atoms with E-state index in [1.54, 1.807) is 7.11 Å². The molecule has 21 heavy (non-hydrogen) atoms. The molecule has 0 spiro atoms. The third kappa shape index (κ3) is 4.51. The van der Waals surface area contributed by atoms with E-state index < -0.39 is 0 Å². The molecule has 0 aliphatic carbocycles. The first-order valence-corrected chi connectivity index (χ1v) is 8.33. The van der Waals surface area contributed by atoms with Crippen molar-refractivity contribution in [2.45, 2.75) is 33.0 Å². The van der Waals surface area contributed by atoms with Gasteiger partial charge in [-0.05, 0) is 24.1 Å². The molecule has 1 N–H and O–H groups in total. The van der Waals surface area contributed by atoms with E-state index >= 15 is 0 Å². The van der Waals surface area contributed by atoms with Crippen molar-refractivity contribution in [1.82, 2.24) is 10.2 Å². The van der Waals surface area contributed by atoms with Gasteiger partial charge in [0.05, 0.1) is 6.61 Å². The fourth-order valence-electron chi connectivity index (χ4n) is 2.36. The van der Waals surface area contributed by atoms with E-state index in [1.807, 2.05) is 11.3 Å². The van der Waals surface area contributed by atoms with Crippen LogP contribution in [-0.2, 0) is 17.8 Å². The fourth-order valence-corrected chi connectivity index (χ4v) is 3.53. The molecule has 2 aromatic rings. The lowest BCUT2D eigenvalue weighted by atomic mass is 10.1. The molecule has 1 heterocycles. The summed E-state index contributed by atoms with van der Waals surface area (Å²) in [5, 5.41) is 4.94. The van der Waals surface area contributed by atoms with Crippen LogP contribution in [0.15, 0.2) is 24.3 Å². The van der Waals surface area contributed by atoms with Gasteiger partial charge in [-0.3, -0.25) is 4.90 Å². The minimum atomic E-state index is 0.509. The Hall–Kier alpha value is -0.940. The number of ether oxygens (including phenoxy) is 1. The number of benzene rings is 1. The topological polar surface area (TPSA) is 24.5 Å². The van der Waals surface area contributed by atoms with Gasteiger partial charge >= 0.3 is 0 Å². The summed E-state index contributed by atoms with van der Waals surface area (Å²) in [6.07, 6.45) is 0. The number of rotatable bonds is 8. The largest absolute Gasteiger partial charge is 0.383 e. The number of hydrogen-bond acceptors (Lipinski definition) is 4. The molecule has 0 unspecified atom stereocenters. The molecule has 3 nitrogen and oxygen atoms in total. The van der Waals surface area contributed by atoms with Crippen molar-refractivity contribution in [3.05, 3.63) is 34.7 Å². The summed E-state index contributed by atoms with van der Waals surface area (Å²) in [7, 11) is 3.91. The van der Waals surface area contributed by atoms with E-state index in [2.05, 4.69) is 55.4 Å². The predicted molar refractivity (Wildman–Crippen MR) is 92.0 cm³/mol. The fraction of sp³-hybridized carbons (Fsp3) is 0.529. The van der Waals surface area contributed by atoms with Crippen LogP contribution in [0.25, 0.3) is 10.1 Å². The Balaban J connectivity index is 2.22. The normalized spacial score (nSPS) is 11.9. The molecule has 0 aliphatic heterocycles. The second-order valence-corrected chi connectivity index (χ2v) is 6.90. The molecule has 0 radical (unpaired) electrons. The lowest BCUT2D eigenvalue weighted by Gasteiger charge is -2.17. The van der Waals surface area contributed by atoms with Crippen molar-refractivity contribution >= 4 is 21.4 Å². The van der Waals surface area contributed by atoms with Crippen LogP contribution in [0.4, 0.5) is 0 Å². The van der Waals surface area contributed by atoms with Crippen molar-refractivity contribution in [3.63, 3.8) is 0 Å². The van der Waals surface area contributed by atoms with E-state index in [0.29, 0.717) is 6.04 Å². The molecular formula is C17H26N2OS. The van der Waals surface area contributed by atoms with Crippen molar-refractivity contribution in [1.29, 1.82) is 0 Å². The number of fused-ring (bicyclic) bond motifs is 1. The number of thiophene rings is 1. The highest BCUT2D eigenvalue weighted by molar-refractivity contribution is 7.19. The highest BCUT2D eigenvalue weighted by Crippen LogP contribution is 2.32. The molecule has 1 aromatic carbocycles. The van der Waals surface area contributed by atoms with Crippen LogP contribution in [0.1, 0.15) is 24.3 Å². The Labute approximate surface area is 131 Å². The second kappa shape index (κ2) is 7.90. The molecule has 0 fully saturated rings. The molecule has 0 saturated heterocycles. The van der Waals surface area contributed by atoms with E-state index in [0.717, 1.165) is 26.2 Å². The lowest BCUT2D eigenvalue weighted by molar-refractivity contribution is 0.159. The van der Waals surface area contributed by atoms with Crippen LogP contribution < -0.4 is 5.32 Å². The van der Waals surface area contributed by atoms with Crippen LogP contribution in [0.5, 0.6) is 0 Å². The number of nitrogens with zero attached hydrogens (tertiary/aromatic N) is 1. The van der Waals surface area contributed by atoms with Crippen LogP contribution in [0.3, 0.4) is 0 Å². The molecule has 0 atom stereocenters. The molecule has 0 bridgehead atoms. The third-order valence-corrected chi connectivity index (χ3v) is 4.77. The Morgan fingerprint density at radius 1 is 1.29 bits per heavy atom. The smallest absolute Gasteiger partial charge is 0.0589 e. The first-order valence-electron chi connectivity index (χ1n) is 7.52. The Morgan fingerprint density at radius 3 is 2.76 bits per heavy atom. The van der Waals surface area contributed by atoms with Crippen molar-refractivity contribution in [2.75, 3.05) is 27.3 Å². The quantitative estimate of drug-likeness (QED) is 0.808. The average molecular weight is 306 g/mol. The van der Waals surface area contributed by atoms with Gasteiger partial charge in [0.2, 0.25) is 0 Å². The SMILES string of the molecule is COCCN(C)Cc1c(CNC(C)C)sc2ccccc12. The van der Waals surface area contributed by atoms with E-state index in [9.17, 15) is 0 Å². The summed E-state index contributed by atoms with van der Waals surface area (Å²) in [4.78, 5) is 3.78. The molecule has 4 heteroatoms. The van der Waals surface area contributed by atoms with Gasteiger partial charge in [0.25, 0.3) is 0 Å². The molecular weight excluding hydrogens is 280 g/mol. The van der Waals surface area contributed by atoms with Crippen LogP contribution in [0, 0.1) is 0 Å². The van der Waals surface area contributed by atoms with Gasteiger partial charge in [-0.25, -0.2) is 0 Å². The Morgan fingerprint density at radius 2 is 2.05 bits per heavy atom. The lowest BCUT2D eigenvalue weighted by Crippen LogP contribution is -2.25. The Kier molecular flexibility index (Phi) is 6.18. The molecule has 0 amide bonds. The summed E-state index contributed by atoms with van der Waals surface area (Å²) >= 11 is 1.91. The highest BCUT2D eigenvalue weighted by Gasteiger charge is 2.13. The number of nitrogens with one attached hydrogen (secondary N) is 1. The van der Waals surface area contributed by atoms with Crippen molar-refractivity contribution in [3.8, 4) is 0 Å². The number of hydrogen-bond donors (Lipinski definition) is 1. The highest BCUT2D eigenvalue weighted by atomic mass is 32.1. The van der Waals surface area contributed by atoms with Gasteiger partial charge < -0.3 is 10.1 Å². The average Bonchev–Trinajstić information content (AvgIpc) is 2.81. The zero-order valence-electron chi connectivity index (χ0n) is 13.5. The molecule has 0 aliphatic rings. The standard InChI is InChI=1S/C17H26N2OS/c1-13(2)18-11-17-15(12-19(3)9-10-20-4)14-7-5-6-8-16(14)21-17/h5-8,13,18H,9-12H2,1-4H3. The van der Waals surface area contributed by atoms with Crippen LogP contribution in [-0.4, -0.2) is 38.3 Å². The first-order chi connectivity index (χ1) is 10.1. The van der Waals surface area contributed by atoms with E-state index in [4.69, 9.17) is 4.74 Å². The maximum absolute atomic E-state index is 5.18. The van der Waals surface area contributed by atoms with Gasteiger partial charge in [0.1, 0.15) is 0 Å². The van der Waals surface area contributed by atoms with Gasteiger partial charge in [-0.1, -0.05) is 32.0 Å². The molecule has 116 valence electrons. The Bertz CT molecular complexity index is 565. The first kappa shape index (κ1) is 16.4. The number of likely N-dealkylation sites (N-methyl/N-ethyl adjacent to an activating group) is 1. The van der Waals surface area contributed by atoms with E-state index in [-0.39, 0.29) is 0 Å². The van der Waals surface area contributed by atoms with E-state index in [1.165, 1.54) is 20.5 Å². The zero-order valence-corrected chi connectivity index (χ0v) is 14.3. The monoisotopic (exact) mass is 306 g/mol. The summed E-state index contributed by atoms with van der Waals surface area (Å²) in [6, 6.07) is 9.22. The molecule has 2 rings (SSSR count). The maximum Gasteiger partial charge on any atom is 0.0589 e. The minimum absolute atomic E-state index is 0.509. The summed E-state index contributed by atoms with van der Waals surface area (Å²) in [5.74, 6) is 0. The van der Waals surface area contributed by atoms with Gasteiger partial charge in [0, 0.05) is 42.4 Å². The summed E-state index contributed by atoms with van der Waals surface area (Å²) < 4.78 is 6.56. The van der Waals surface area contributed by atoms with Crippen molar-refractivity contribution < 1.29 is 4.74 Å². The van der Waals surface area contributed by atoms with Gasteiger partial charge in [0.15, 0.2) is 0 Å².